The Balaban J connectivity index is 3.30. The minimum atomic E-state index is -0.417. The monoisotopic (exact) mass is 137 g/mol. The van der Waals surface area contributed by atoms with E-state index in [9.17, 15) is 4.79 Å². The molecular weight excluding hydrogens is 130 g/mol. The lowest BCUT2D eigenvalue weighted by Crippen LogP contribution is -2.03. The van der Waals surface area contributed by atoms with Crippen LogP contribution in [0.1, 0.15) is 12.8 Å². The Hall–Kier alpha value is -1.48. The molecule has 0 unspecified atom stereocenters. The summed E-state index contributed by atoms with van der Waals surface area (Å²) < 4.78 is 4.47. The van der Waals surface area contributed by atoms with Crippen LogP contribution in [0.5, 0.6) is 0 Å². The van der Waals surface area contributed by atoms with E-state index in [1.165, 1.54) is 0 Å². The molecule has 0 aromatic heterocycles. The maximum atomic E-state index is 10.5. The molecule has 52 valence electrons. The first-order valence-corrected chi connectivity index (χ1v) is 2.77. The lowest BCUT2D eigenvalue weighted by molar-refractivity contribution is -0.142. The number of nitrogens with zero attached hydrogens (tertiary/aromatic N) is 1. The first-order valence-electron chi connectivity index (χ1n) is 2.77. The lowest BCUT2D eigenvalue weighted by atomic mass is 10.3. The summed E-state index contributed by atoms with van der Waals surface area (Å²) in [6.07, 6.45) is 5.12. The smallest absolute Gasteiger partial charge is 0.307 e. The summed E-state index contributed by atoms with van der Waals surface area (Å²) in [4.78, 5) is 10.5. The van der Waals surface area contributed by atoms with Crippen LogP contribution in [0.3, 0.4) is 0 Å². The molecule has 0 heterocycles. The zero-order valence-corrected chi connectivity index (χ0v) is 5.46. The van der Waals surface area contributed by atoms with Gasteiger partial charge in [-0.25, -0.2) is 0 Å². The fourth-order valence-electron chi connectivity index (χ4n) is 0.352. The maximum Gasteiger partial charge on any atom is 0.307 e. The highest BCUT2D eigenvalue weighted by Gasteiger charge is 1.98. The van der Waals surface area contributed by atoms with E-state index in [1.54, 1.807) is 0 Å². The fraction of sp³-hybridized carbons (Fsp3) is 0.429. The van der Waals surface area contributed by atoms with Gasteiger partial charge in [0.1, 0.15) is 0 Å². The van der Waals surface area contributed by atoms with Crippen molar-refractivity contribution in [2.24, 2.45) is 0 Å². The number of esters is 1. The standard InChI is InChI=1S/C7H7NO2/c1-2-6-10-7(9)4-3-5-8/h1H,3-4,6H2. The fourth-order valence-corrected chi connectivity index (χ4v) is 0.352. The van der Waals surface area contributed by atoms with Crippen molar-refractivity contribution in [3.05, 3.63) is 0 Å². The molecule has 0 spiro atoms. The number of carbonyl (C=O) groups is 1. The number of nitriles is 1. The van der Waals surface area contributed by atoms with Gasteiger partial charge in [-0.05, 0) is 0 Å². The Bertz CT molecular complexity index is 165. The summed E-state index contributed by atoms with van der Waals surface area (Å²) in [6, 6.07) is 1.82. The molecule has 0 saturated heterocycles. The molecule has 0 atom stereocenters. The Labute approximate surface area is 59.6 Å². The molecule has 3 heteroatoms. The Morgan fingerprint density at radius 2 is 2.40 bits per heavy atom. The van der Waals surface area contributed by atoms with Crippen LogP contribution >= 0.6 is 0 Å². The Morgan fingerprint density at radius 3 is 2.90 bits per heavy atom. The van der Waals surface area contributed by atoms with Gasteiger partial charge in [-0.3, -0.25) is 4.79 Å². The largest absolute Gasteiger partial charge is 0.452 e. The van der Waals surface area contributed by atoms with Crippen molar-refractivity contribution in [3.8, 4) is 18.4 Å². The van der Waals surface area contributed by atoms with Crippen LogP contribution in [0, 0.1) is 23.7 Å². The van der Waals surface area contributed by atoms with Crippen LogP contribution in [0.25, 0.3) is 0 Å². The van der Waals surface area contributed by atoms with Crippen molar-refractivity contribution in [2.75, 3.05) is 6.61 Å². The first kappa shape index (κ1) is 8.52. The predicted molar refractivity (Wildman–Crippen MR) is 34.6 cm³/mol. The summed E-state index contributed by atoms with van der Waals surface area (Å²) >= 11 is 0. The summed E-state index contributed by atoms with van der Waals surface area (Å²) in [5, 5.41) is 8.04. The molecule has 0 rings (SSSR count). The van der Waals surface area contributed by atoms with Gasteiger partial charge in [0.05, 0.1) is 12.5 Å². The molecule has 0 aromatic rings. The van der Waals surface area contributed by atoms with E-state index >= 15 is 0 Å². The van der Waals surface area contributed by atoms with E-state index < -0.39 is 5.97 Å². The van der Waals surface area contributed by atoms with Crippen molar-refractivity contribution in [1.29, 1.82) is 5.26 Å². The average Bonchev–Trinajstić information content (AvgIpc) is 1.97. The average molecular weight is 137 g/mol. The molecule has 0 aliphatic carbocycles. The molecule has 3 nitrogen and oxygen atoms in total. The number of hydrogen-bond donors (Lipinski definition) is 0. The molecule has 0 N–H and O–H groups in total. The Morgan fingerprint density at radius 1 is 1.70 bits per heavy atom. The zero-order chi connectivity index (χ0) is 7.82. The minimum absolute atomic E-state index is 0.00966. The van der Waals surface area contributed by atoms with Crippen molar-refractivity contribution in [3.63, 3.8) is 0 Å². The molecule has 0 aromatic carbocycles. The van der Waals surface area contributed by atoms with Gasteiger partial charge in [-0.15, -0.1) is 6.42 Å². The zero-order valence-electron chi connectivity index (χ0n) is 5.46. The molecule has 0 amide bonds. The van der Waals surface area contributed by atoms with Gasteiger partial charge in [-0.1, -0.05) is 5.92 Å². The van der Waals surface area contributed by atoms with Crippen LogP contribution in [0.2, 0.25) is 0 Å². The van der Waals surface area contributed by atoms with Crippen molar-refractivity contribution in [2.45, 2.75) is 12.8 Å². The van der Waals surface area contributed by atoms with Crippen LogP contribution in [0.15, 0.2) is 0 Å². The van der Waals surface area contributed by atoms with E-state index in [2.05, 4.69) is 10.7 Å². The second-order valence-electron chi connectivity index (χ2n) is 1.52. The van der Waals surface area contributed by atoms with E-state index in [0.717, 1.165) is 0 Å². The lowest BCUT2D eigenvalue weighted by Gasteiger charge is -1.95. The molecule has 0 saturated carbocycles. The van der Waals surface area contributed by atoms with Crippen molar-refractivity contribution in [1.82, 2.24) is 0 Å². The second-order valence-corrected chi connectivity index (χ2v) is 1.52. The Kier molecular flexibility index (Phi) is 4.82. The third-order valence-electron chi connectivity index (χ3n) is 0.757. The SMILES string of the molecule is C#CCOC(=O)CCC#N. The van der Waals surface area contributed by atoms with Gasteiger partial charge in [0, 0.05) is 6.42 Å². The van der Waals surface area contributed by atoms with Crippen molar-refractivity contribution < 1.29 is 9.53 Å². The van der Waals surface area contributed by atoms with Gasteiger partial charge in [0.2, 0.25) is 0 Å². The third kappa shape index (κ3) is 4.67. The minimum Gasteiger partial charge on any atom is -0.452 e. The van der Waals surface area contributed by atoms with E-state index in [-0.39, 0.29) is 19.4 Å². The summed E-state index contributed by atoms with van der Waals surface area (Å²) in [5.74, 6) is 1.73. The normalized spacial score (nSPS) is 7.40. The topological polar surface area (TPSA) is 50.1 Å². The summed E-state index contributed by atoms with van der Waals surface area (Å²) in [6.45, 7) is -0.00966. The second kappa shape index (κ2) is 5.65. The molecule has 0 aliphatic heterocycles. The first-order chi connectivity index (χ1) is 4.81. The van der Waals surface area contributed by atoms with Gasteiger partial charge >= 0.3 is 5.97 Å². The highest BCUT2D eigenvalue weighted by molar-refractivity contribution is 5.69. The molecule has 0 bridgehead atoms. The molecular formula is C7H7NO2. The number of carbonyl (C=O) groups excluding carboxylic acids is 1. The number of hydrogen-bond acceptors (Lipinski definition) is 3. The van der Waals surface area contributed by atoms with Crippen LogP contribution in [0.4, 0.5) is 0 Å². The van der Waals surface area contributed by atoms with Crippen molar-refractivity contribution >= 4 is 5.97 Å². The third-order valence-corrected chi connectivity index (χ3v) is 0.757. The molecule has 10 heavy (non-hydrogen) atoms. The number of rotatable bonds is 3. The summed E-state index contributed by atoms with van der Waals surface area (Å²) in [5.41, 5.74) is 0. The van der Waals surface area contributed by atoms with Gasteiger partial charge in [-0.2, -0.15) is 5.26 Å². The number of terminal acetylenes is 1. The quantitative estimate of drug-likeness (QED) is 0.419. The van der Waals surface area contributed by atoms with Crippen LogP contribution in [-0.4, -0.2) is 12.6 Å². The maximum absolute atomic E-state index is 10.5. The molecule has 0 radical (unpaired) electrons. The number of ether oxygens (including phenoxy) is 1. The van der Waals surface area contributed by atoms with Gasteiger partial charge in [0.25, 0.3) is 0 Å². The molecule has 0 aliphatic rings. The van der Waals surface area contributed by atoms with Gasteiger partial charge < -0.3 is 4.74 Å². The van der Waals surface area contributed by atoms with Crippen LogP contribution < -0.4 is 0 Å². The van der Waals surface area contributed by atoms with E-state index in [0.29, 0.717) is 0 Å². The van der Waals surface area contributed by atoms with E-state index in [4.69, 9.17) is 11.7 Å². The molecule has 0 fully saturated rings. The van der Waals surface area contributed by atoms with E-state index in [1.807, 2.05) is 6.07 Å². The van der Waals surface area contributed by atoms with Gasteiger partial charge in [0.15, 0.2) is 6.61 Å². The highest BCUT2D eigenvalue weighted by atomic mass is 16.5. The van der Waals surface area contributed by atoms with Crippen LogP contribution in [-0.2, 0) is 9.53 Å². The summed E-state index contributed by atoms with van der Waals surface area (Å²) in [7, 11) is 0. The highest BCUT2D eigenvalue weighted by Crippen LogP contribution is 1.89. The predicted octanol–water partition coefficient (Wildman–Crippen LogP) is 0.467.